The summed E-state index contributed by atoms with van der Waals surface area (Å²) in [5.41, 5.74) is 5.45. The molecule has 1 heterocycles. The van der Waals surface area contributed by atoms with Crippen LogP contribution in [-0.2, 0) is 0 Å². The monoisotopic (exact) mass is 120 g/mol. The SMILES string of the molecule is N#Cc1cncc(N)n1. The summed E-state index contributed by atoms with van der Waals surface area (Å²) in [6, 6.07) is 1.81. The van der Waals surface area contributed by atoms with Crippen molar-refractivity contribution in [3.05, 3.63) is 18.1 Å². The molecule has 1 aromatic rings. The molecule has 1 rings (SSSR count). The first-order chi connectivity index (χ1) is 4.33. The van der Waals surface area contributed by atoms with Gasteiger partial charge in [-0.05, 0) is 0 Å². The fourth-order valence-corrected chi connectivity index (χ4v) is 0.435. The molecule has 0 aliphatic rings. The number of anilines is 1. The summed E-state index contributed by atoms with van der Waals surface area (Å²) in [5, 5.41) is 8.25. The Morgan fingerprint density at radius 2 is 2.33 bits per heavy atom. The average Bonchev–Trinajstić information content (AvgIpc) is 1.88. The molecule has 0 bridgehead atoms. The lowest BCUT2D eigenvalue weighted by atomic mass is 10.5. The predicted octanol–water partition coefficient (Wildman–Crippen LogP) is -0.0695. The number of aromatic nitrogens is 2. The zero-order valence-electron chi connectivity index (χ0n) is 4.57. The van der Waals surface area contributed by atoms with Gasteiger partial charge in [0.05, 0.1) is 12.4 Å². The highest BCUT2D eigenvalue weighted by Crippen LogP contribution is 1.93. The molecule has 9 heavy (non-hydrogen) atoms. The summed E-state index contributed by atoms with van der Waals surface area (Å²) in [6.07, 6.45) is 2.75. The largest absolute Gasteiger partial charge is 0.382 e. The molecule has 0 unspecified atom stereocenters. The van der Waals surface area contributed by atoms with Crippen molar-refractivity contribution >= 4 is 5.82 Å². The third kappa shape index (κ3) is 1.13. The van der Waals surface area contributed by atoms with Crippen LogP contribution < -0.4 is 5.73 Å². The van der Waals surface area contributed by atoms with Gasteiger partial charge in [0.2, 0.25) is 0 Å². The zero-order valence-corrected chi connectivity index (χ0v) is 4.57. The lowest BCUT2D eigenvalue weighted by Gasteiger charge is -1.87. The first-order valence-corrected chi connectivity index (χ1v) is 2.30. The van der Waals surface area contributed by atoms with Crippen LogP contribution in [0.5, 0.6) is 0 Å². The number of nitrogens with zero attached hydrogens (tertiary/aromatic N) is 3. The minimum Gasteiger partial charge on any atom is -0.382 e. The van der Waals surface area contributed by atoms with Crippen molar-refractivity contribution in [1.82, 2.24) is 9.97 Å². The van der Waals surface area contributed by atoms with Gasteiger partial charge in [0.15, 0.2) is 5.69 Å². The third-order valence-electron chi connectivity index (χ3n) is 0.768. The second-order valence-corrected chi connectivity index (χ2v) is 1.44. The van der Waals surface area contributed by atoms with Gasteiger partial charge in [-0.1, -0.05) is 0 Å². The van der Waals surface area contributed by atoms with Crippen LogP contribution in [-0.4, -0.2) is 9.97 Å². The number of nitrogen functional groups attached to an aromatic ring is 1. The molecule has 0 saturated heterocycles. The van der Waals surface area contributed by atoms with Crippen LogP contribution in [0.15, 0.2) is 12.4 Å². The van der Waals surface area contributed by atoms with E-state index in [2.05, 4.69) is 9.97 Å². The molecule has 0 radical (unpaired) electrons. The van der Waals surface area contributed by atoms with Crippen LogP contribution in [0.3, 0.4) is 0 Å². The quantitative estimate of drug-likeness (QED) is 0.520. The Kier molecular flexibility index (Phi) is 1.28. The maximum absolute atomic E-state index is 8.25. The van der Waals surface area contributed by atoms with Crippen molar-refractivity contribution in [3.8, 4) is 6.07 Å². The van der Waals surface area contributed by atoms with E-state index in [-0.39, 0.29) is 11.5 Å². The Morgan fingerprint density at radius 3 is 2.78 bits per heavy atom. The molecule has 4 heteroatoms. The predicted molar refractivity (Wildman–Crippen MR) is 31.2 cm³/mol. The van der Waals surface area contributed by atoms with Crippen LogP contribution >= 0.6 is 0 Å². The summed E-state index contributed by atoms with van der Waals surface area (Å²) >= 11 is 0. The van der Waals surface area contributed by atoms with Crippen molar-refractivity contribution < 1.29 is 0 Å². The summed E-state index contributed by atoms with van der Waals surface area (Å²) in [5.74, 6) is 0.272. The number of hydrogen-bond acceptors (Lipinski definition) is 4. The first kappa shape index (κ1) is 5.51. The van der Waals surface area contributed by atoms with Gasteiger partial charge in [-0.2, -0.15) is 5.26 Å². The zero-order chi connectivity index (χ0) is 6.69. The maximum atomic E-state index is 8.25. The molecular formula is C5H4N4. The van der Waals surface area contributed by atoms with E-state index in [4.69, 9.17) is 11.0 Å². The molecule has 0 atom stereocenters. The van der Waals surface area contributed by atoms with Crippen LogP contribution in [0.4, 0.5) is 5.82 Å². The molecule has 0 saturated carbocycles. The van der Waals surface area contributed by atoms with Crippen molar-refractivity contribution in [2.24, 2.45) is 0 Å². The second kappa shape index (κ2) is 2.09. The topological polar surface area (TPSA) is 75.6 Å². The lowest BCUT2D eigenvalue weighted by molar-refractivity contribution is 1.17. The Labute approximate surface area is 52.0 Å². The summed E-state index contributed by atoms with van der Waals surface area (Å²) in [4.78, 5) is 7.29. The molecule has 0 aliphatic heterocycles. The van der Waals surface area contributed by atoms with Crippen molar-refractivity contribution in [1.29, 1.82) is 5.26 Å². The van der Waals surface area contributed by atoms with Gasteiger partial charge in [0.1, 0.15) is 11.9 Å². The molecule has 44 valence electrons. The Balaban J connectivity index is 3.12. The van der Waals surface area contributed by atoms with Crippen molar-refractivity contribution in [2.45, 2.75) is 0 Å². The van der Waals surface area contributed by atoms with Crippen molar-refractivity contribution in [2.75, 3.05) is 5.73 Å². The Morgan fingerprint density at radius 1 is 1.56 bits per heavy atom. The van der Waals surface area contributed by atoms with Crippen LogP contribution in [0, 0.1) is 11.3 Å². The minimum atomic E-state index is 0.245. The first-order valence-electron chi connectivity index (χ1n) is 2.30. The average molecular weight is 120 g/mol. The van der Waals surface area contributed by atoms with Gasteiger partial charge in [-0.3, -0.25) is 4.98 Å². The maximum Gasteiger partial charge on any atom is 0.161 e. The fourth-order valence-electron chi connectivity index (χ4n) is 0.435. The third-order valence-corrected chi connectivity index (χ3v) is 0.768. The van der Waals surface area contributed by atoms with E-state index in [0.29, 0.717) is 0 Å². The minimum absolute atomic E-state index is 0.245. The van der Waals surface area contributed by atoms with Gasteiger partial charge in [-0.15, -0.1) is 0 Å². The van der Waals surface area contributed by atoms with Gasteiger partial charge in [0, 0.05) is 0 Å². The molecule has 0 aliphatic carbocycles. The van der Waals surface area contributed by atoms with E-state index in [1.165, 1.54) is 12.4 Å². The van der Waals surface area contributed by atoms with Crippen LogP contribution in [0.2, 0.25) is 0 Å². The van der Waals surface area contributed by atoms with E-state index < -0.39 is 0 Å². The van der Waals surface area contributed by atoms with E-state index in [1.54, 1.807) is 0 Å². The highest BCUT2D eigenvalue weighted by Gasteiger charge is 1.89. The molecule has 0 fully saturated rings. The van der Waals surface area contributed by atoms with E-state index in [1.807, 2.05) is 6.07 Å². The molecule has 4 nitrogen and oxygen atoms in total. The molecule has 1 aromatic heterocycles. The Bertz CT molecular complexity index is 249. The van der Waals surface area contributed by atoms with Gasteiger partial charge in [0.25, 0.3) is 0 Å². The van der Waals surface area contributed by atoms with Gasteiger partial charge < -0.3 is 5.73 Å². The van der Waals surface area contributed by atoms with E-state index >= 15 is 0 Å². The smallest absolute Gasteiger partial charge is 0.161 e. The number of rotatable bonds is 0. The standard InChI is InChI=1S/C5H4N4/c6-1-4-2-8-3-5(7)9-4/h2-3H,(H2,7,9). The summed E-state index contributed by atoms with van der Waals surface area (Å²) in [6.45, 7) is 0. The highest BCUT2D eigenvalue weighted by molar-refractivity contribution is 5.28. The molecule has 0 aromatic carbocycles. The Hall–Kier alpha value is -1.63. The van der Waals surface area contributed by atoms with Crippen LogP contribution in [0.1, 0.15) is 5.69 Å². The number of hydrogen-bond donors (Lipinski definition) is 1. The summed E-state index contributed by atoms with van der Waals surface area (Å²) in [7, 11) is 0. The fraction of sp³-hybridized carbons (Fsp3) is 0. The van der Waals surface area contributed by atoms with E-state index in [9.17, 15) is 0 Å². The molecule has 2 N–H and O–H groups in total. The van der Waals surface area contributed by atoms with E-state index in [0.717, 1.165) is 0 Å². The molecular weight excluding hydrogens is 116 g/mol. The van der Waals surface area contributed by atoms with Crippen LogP contribution in [0.25, 0.3) is 0 Å². The molecule has 0 amide bonds. The van der Waals surface area contributed by atoms with Gasteiger partial charge in [-0.25, -0.2) is 4.98 Å². The normalized spacial score (nSPS) is 8.33. The highest BCUT2D eigenvalue weighted by atomic mass is 14.9. The second-order valence-electron chi connectivity index (χ2n) is 1.44. The molecule has 0 spiro atoms. The number of nitrogens with two attached hydrogens (primary N) is 1. The van der Waals surface area contributed by atoms with Gasteiger partial charge >= 0.3 is 0 Å². The lowest BCUT2D eigenvalue weighted by Crippen LogP contribution is -1.92. The number of nitriles is 1. The van der Waals surface area contributed by atoms with Crippen molar-refractivity contribution in [3.63, 3.8) is 0 Å². The summed E-state index contributed by atoms with van der Waals surface area (Å²) < 4.78 is 0.